The Kier molecular flexibility index (Phi) is 7.85. The van der Waals surface area contributed by atoms with Gasteiger partial charge < -0.3 is 20.8 Å². The molecule has 0 saturated heterocycles. The van der Waals surface area contributed by atoms with Gasteiger partial charge in [-0.1, -0.05) is 44.2 Å². The lowest BCUT2D eigenvalue weighted by Crippen LogP contribution is -2.45. The lowest BCUT2D eigenvalue weighted by atomic mass is 9.93. The number of Topliss-reactive ketones (excluding diaryl/α,β-unsaturated/α-hetero) is 1. The SMILES string of the molecule is Cc1c(O)[nH]c(O)c1C(=O)[C@H](NC(=O)C[C@H](NC(=O)c1cccnc1F)c1ccccc1)C(C)C. The summed E-state index contributed by atoms with van der Waals surface area (Å²) in [5.74, 6) is -3.97. The first-order valence-corrected chi connectivity index (χ1v) is 11.0. The Balaban J connectivity index is 1.81. The van der Waals surface area contributed by atoms with E-state index in [0.717, 1.165) is 0 Å². The van der Waals surface area contributed by atoms with E-state index in [2.05, 4.69) is 20.6 Å². The number of aromatic hydroxyl groups is 2. The van der Waals surface area contributed by atoms with Crippen molar-refractivity contribution in [3.05, 3.63) is 76.9 Å². The molecule has 3 rings (SSSR count). The van der Waals surface area contributed by atoms with Crippen molar-refractivity contribution in [1.29, 1.82) is 0 Å². The van der Waals surface area contributed by atoms with E-state index < -0.39 is 41.5 Å². The average molecular weight is 483 g/mol. The number of nitrogens with one attached hydrogen (secondary N) is 3. The summed E-state index contributed by atoms with van der Waals surface area (Å²) in [6.07, 6.45) is 0.985. The number of halogens is 1. The number of H-pyrrole nitrogens is 1. The Bertz CT molecular complexity index is 1230. The number of pyridine rings is 1. The maximum absolute atomic E-state index is 14.0. The number of hydrogen-bond donors (Lipinski definition) is 5. The molecule has 2 amide bonds. The molecule has 2 atom stereocenters. The molecule has 0 fully saturated rings. The summed E-state index contributed by atoms with van der Waals surface area (Å²) in [6, 6.07) is 9.56. The summed E-state index contributed by atoms with van der Waals surface area (Å²) in [7, 11) is 0. The fourth-order valence-corrected chi connectivity index (χ4v) is 3.70. The van der Waals surface area contributed by atoms with Crippen molar-refractivity contribution < 1.29 is 29.0 Å². The third-order valence-electron chi connectivity index (χ3n) is 5.62. The molecule has 9 nitrogen and oxygen atoms in total. The molecule has 0 aliphatic rings. The first-order valence-electron chi connectivity index (χ1n) is 11.0. The van der Waals surface area contributed by atoms with Gasteiger partial charge in [-0.15, -0.1) is 0 Å². The van der Waals surface area contributed by atoms with E-state index in [-0.39, 0.29) is 34.9 Å². The van der Waals surface area contributed by atoms with E-state index in [9.17, 15) is 29.0 Å². The van der Waals surface area contributed by atoms with Crippen LogP contribution >= 0.6 is 0 Å². The van der Waals surface area contributed by atoms with Crippen LogP contribution in [-0.4, -0.2) is 43.8 Å². The maximum atomic E-state index is 14.0. The van der Waals surface area contributed by atoms with Gasteiger partial charge in [0.15, 0.2) is 11.7 Å². The average Bonchev–Trinajstić information content (AvgIpc) is 3.08. The number of benzene rings is 1. The molecule has 5 N–H and O–H groups in total. The van der Waals surface area contributed by atoms with Gasteiger partial charge in [0, 0.05) is 11.8 Å². The molecule has 35 heavy (non-hydrogen) atoms. The highest BCUT2D eigenvalue weighted by atomic mass is 19.1. The third-order valence-corrected chi connectivity index (χ3v) is 5.62. The van der Waals surface area contributed by atoms with E-state index in [1.807, 2.05) is 0 Å². The predicted molar refractivity (Wildman–Crippen MR) is 125 cm³/mol. The molecule has 10 heteroatoms. The molecule has 0 unspecified atom stereocenters. The van der Waals surface area contributed by atoms with Crippen molar-refractivity contribution in [3.63, 3.8) is 0 Å². The molecule has 2 aromatic heterocycles. The van der Waals surface area contributed by atoms with Crippen molar-refractivity contribution in [2.75, 3.05) is 0 Å². The Labute approximate surface area is 201 Å². The number of aromatic nitrogens is 2. The highest BCUT2D eigenvalue weighted by molar-refractivity contribution is 6.05. The monoisotopic (exact) mass is 482 g/mol. The zero-order valence-corrected chi connectivity index (χ0v) is 19.5. The Morgan fingerprint density at radius 3 is 2.29 bits per heavy atom. The largest absolute Gasteiger partial charge is 0.494 e. The van der Waals surface area contributed by atoms with Crippen LogP contribution in [0.4, 0.5) is 4.39 Å². The van der Waals surface area contributed by atoms with Crippen LogP contribution in [0.2, 0.25) is 0 Å². The second kappa shape index (κ2) is 10.8. The molecule has 3 aromatic rings. The Morgan fingerprint density at radius 1 is 1.03 bits per heavy atom. The van der Waals surface area contributed by atoms with Crippen LogP contribution in [0.25, 0.3) is 0 Å². The second-order valence-corrected chi connectivity index (χ2v) is 8.46. The first-order chi connectivity index (χ1) is 16.6. The van der Waals surface area contributed by atoms with Crippen molar-refractivity contribution in [1.82, 2.24) is 20.6 Å². The van der Waals surface area contributed by atoms with Gasteiger partial charge in [0.25, 0.3) is 5.91 Å². The van der Waals surface area contributed by atoms with Gasteiger partial charge in [0.05, 0.1) is 29.6 Å². The first kappa shape index (κ1) is 25.4. The molecule has 2 heterocycles. The fraction of sp³-hybridized carbons (Fsp3) is 0.280. The van der Waals surface area contributed by atoms with E-state index in [1.54, 1.807) is 44.2 Å². The Morgan fingerprint density at radius 2 is 1.71 bits per heavy atom. The summed E-state index contributed by atoms with van der Waals surface area (Å²) >= 11 is 0. The molecule has 0 aliphatic heterocycles. The summed E-state index contributed by atoms with van der Waals surface area (Å²) in [5.41, 5.74) is 0.404. The van der Waals surface area contributed by atoms with Gasteiger partial charge in [-0.05, 0) is 30.5 Å². The molecule has 184 valence electrons. The van der Waals surface area contributed by atoms with Crippen LogP contribution in [-0.2, 0) is 4.79 Å². The molecule has 0 spiro atoms. The molecule has 0 aliphatic carbocycles. The van der Waals surface area contributed by atoms with Crippen molar-refractivity contribution in [2.45, 2.75) is 39.3 Å². The summed E-state index contributed by atoms with van der Waals surface area (Å²) in [5, 5.41) is 25.2. The summed E-state index contributed by atoms with van der Waals surface area (Å²) in [6.45, 7) is 4.92. The Hall–Kier alpha value is -4.21. The maximum Gasteiger partial charge on any atom is 0.256 e. The minimum Gasteiger partial charge on any atom is -0.494 e. The zero-order chi connectivity index (χ0) is 25.7. The summed E-state index contributed by atoms with van der Waals surface area (Å²) in [4.78, 5) is 44.6. The van der Waals surface area contributed by atoms with Gasteiger partial charge in [-0.3, -0.25) is 19.4 Å². The number of hydrogen-bond acceptors (Lipinski definition) is 6. The van der Waals surface area contributed by atoms with Gasteiger partial charge in [-0.25, -0.2) is 4.98 Å². The molecule has 0 saturated carbocycles. The summed E-state index contributed by atoms with van der Waals surface area (Å²) < 4.78 is 14.0. The number of amides is 2. The smallest absolute Gasteiger partial charge is 0.256 e. The van der Waals surface area contributed by atoms with Gasteiger partial charge in [0.2, 0.25) is 17.7 Å². The number of nitrogens with zero attached hydrogens (tertiary/aromatic N) is 1. The van der Waals surface area contributed by atoms with Crippen LogP contribution < -0.4 is 10.6 Å². The highest BCUT2D eigenvalue weighted by Crippen LogP contribution is 2.30. The number of carbonyl (C=O) groups is 3. The minimum absolute atomic E-state index is 0.110. The number of rotatable bonds is 9. The van der Waals surface area contributed by atoms with Gasteiger partial charge >= 0.3 is 0 Å². The fourth-order valence-electron chi connectivity index (χ4n) is 3.70. The lowest BCUT2D eigenvalue weighted by molar-refractivity contribution is -0.122. The molecule has 1 aromatic carbocycles. The van der Waals surface area contributed by atoms with E-state index in [1.165, 1.54) is 25.3 Å². The number of aromatic amines is 1. The number of carbonyl (C=O) groups excluding carboxylic acids is 3. The van der Waals surface area contributed by atoms with E-state index in [0.29, 0.717) is 5.56 Å². The third kappa shape index (κ3) is 5.84. The van der Waals surface area contributed by atoms with Crippen molar-refractivity contribution in [2.24, 2.45) is 5.92 Å². The molecule has 0 radical (unpaired) electrons. The number of ketones is 1. The van der Waals surface area contributed by atoms with Crippen molar-refractivity contribution in [3.8, 4) is 11.8 Å². The van der Waals surface area contributed by atoms with Crippen LogP contribution in [0.1, 0.15) is 58.2 Å². The van der Waals surface area contributed by atoms with Gasteiger partial charge in [0.1, 0.15) is 0 Å². The lowest BCUT2D eigenvalue weighted by Gasteiger charge is -2.24. The van der Waals surface area contributed by atoms with Gasteiger partial charge in [-0.2, -0.15) is 4.39 Å². The minimum atomic E-state index is -1.01. The molecule has 0 bridgehead atoms. The van der Waals surface area contributed by atoms with Crippen LogP contribution in [0.15, 0.2) is 48.7 Å². The standard InChI is InChI=1S/C25H27FN4O5/c1-13(2)20(21(32)19-14(3)23(33)30-25(19)35)29-18(31)12-17(15-8-5-4-6-9-15)28-24(34)16-10-7-11-27-22(16)26/h4-11,13,17,20,30,33,35H,12H2,1-3H3,(H,28,34)(H,29,31)/t17-,20+/m0/s1. The van der Waals surface area contributed by atoms with Crippen LogP contribution in [0.5, 0.6) is 11.8 Å². The quantitative estimate of drug-likeness (QED) is 0.234. The topological polar surface area (TPSA) is 144 Å². The van der Waals surface area contributed by atoms with E-state index >= 15 is 0 Å². The molecular formula is C25H27FN4O5. The highest BCUT2D eigenvalue weighted by Gasteiger charge is 2.31. The van der Waals surface area contributed by atoms with E-state index in [4.69, 9.17) is 0 Å². The normalized spacial score (nSPS) is 12.7. The van der Waals surface area contributed by atoms with Crippen LogP contribution in [0, 0.1) is 18.8 Å². The van der Waals surface area contributed by atoms with Crippen LogP contribution in [0.3, 0.4) is 0 Å². The second-order valence-electron chi connectivity index (χ2n) is 8.46. The molecular weight excluding hydrogens is 455 g/mol. The van der Waals surface area contributed by atoms with Crippen molar-refractivity contribution >= 4 is 17.6 Å². The predicted octanol–water partition coefficient (Wildman–Crippen LogP) is 3.15. The zero-order valence-electron chi connectivity index (χ0n) is 19.5.